The molecule has 106 valence electrons. The minimum absolute atomic E-state index is 0.499. The molecule has 1 fully saturated rings. The molecule has 1 aromatic heterocycles. The van der Waals surface area contributed by atoms with E-state index in [1.165, 1.54) is 23.6 Å². The molecule has 19 heavy (non-hydrogen) atoms. The Bertz CT molecular complexity index is 402. The zero-order valence-electron chi connectivity index (χ0n) is 11.6. The van der Waals surface area contributed by atoms with Gasteiger partial charge in [0.2, 0.25) is 0 Å². The fourth-order valence-corrected chi connectivity index (χ4v) is 4.28. The summed E-state index contributed by atoms with van der Waals surface area (Å²) in [7, 11) is 2.24. The molecule has 3 nitrogen and oxygen atoms in total. The number of rotatable bonds is 5. The zero-order valence-corrected chi connectivity index (χ0v) is 14.0. The summed E-state index contributed by atoms with van der Waals surface area (Å²) in [6.45, 7) is 4.39. The first-order chi connectivity index (χ1) is 9.20. The minimum atomic E-state index is 0.499. The van der Waals surface area contributed by atoms with Crippen molar-refractivity contribution in [2.45, 2.75) is 25.4 Å². The van der Waals surface area contributed by atoms with Crippen LogP contribution in [0.1, 0.15) is 12.5 Å². The van der Waals surface area contributed by atoms with Crippen LogP contribution in [0.4, 0.5) is 0 Å². The van der Waals surface area contributed by atoms with Crippen molar-refractivity contribution in [1.82, 2.24) is 15.2 Å². The van der Waals surface area contributed by atoms with Crippen molar-refractivity contribution in [3.8, 4) is 0 Å². The molecule has 0 aliphatic carbocycles. The highest BCUT2D eigenvalue weighted by atomic mass is 79.9. The standard InChI is InChI=1S/C14H22BrN3S/c1-3-17-13(14-10-19-5-4-18(14)2)7-11-6-12(15)9-16-8-11/h6,8-9,13-14,17H,3-5,7,10H2,1-2H3. The van der Waals surface area contributed by atoms with Gasteiger partial charge in [-0.05, 0) is 47.6 Å². The van der Waals surface area contributed by atoms with E-state index in [0.717, 1.165) is 17.4 Å². The monoisotopic (exact) mass is 343 g/mol. The molecule has 2 atom stereocenters. The molecule has 0 spiro atoms. The van der Waals surface area contributed by atoms with E-state index in [0.29, 0.717) is 12.1 Å². The van der Waals surface area contributed by atoms with E-state index in [2.05, 4.69) is 62.9 Å². The van der Waals surface area contributed by atoms with Gasteiger partial charge >= 0.3 is 0 Å². The van der Waals surface area contributed by atoms with Crippen LogP contribution in [0.5, 0.6) is 0 Å². The van der Waals surface area contributed by atoms with E-state index in [9.17, 15) is 0 Å². The Morgan fingerprint density at radius 2 is 2.42 bits per heavy atom. The Morgan fingerprint density at radius 3 is 3.11 bits per heavy atom. The maximum Gasteiger partial charge on any atom is 0.0410 e. The number of aromatic nitrogens is 1. The van der Waals surface area contributed by atoms with Gasteiger partial charge in [-0.15, -0.1) is 0 Å². The average Bonchev–Trinajstić information content (AvgIpc) is 2.39. The fraction of sp³-hybridized carbons (Fsp3) is 0.643. The molecule has 0 bridgehead atoms. The second kappa shape index (κ2) is 7.62. The molecule has 2 unspecified atom stereocenters. The minimum Gasteiger partial charge on any atom is -0.312 e. The second-order valence-electron chi connectivity index (χ2n) is 5.00. The second-order valence-corrected chi connectivity index (χ2v) is 7.07. The Balaban J connectivity index is 2.06. The smallest absolute Gasteiger partial charge is 0.0410 e. The van der Waals surface area contributed by atoms with Crippen LogP contribution in [-0.4, -0.2) is 53.6 Å². The highest BCUT2D eigenvalue weighted by molar-refractivity contribution is 9.10. The maximum atomic E-state index is 4.27. The van der Waals surface area contributed by atoms with Crippen molar-refractivity contribution in [3.63, 3.8) is 0 Å². The first-order valence-electron chi connectivity index (χ1n) is 6.81. The first-order valence-corrected chi connectivity index (χ1v) is 8.76. The van der Waals surface area contributed by atoms with Crippen molar-refractivity contribution >= 4 is 27.7 Å². The van der Waals surface area contributed by atoms with Crippen LogP contribution < -0.4 is 5.32 Å². The lowest BCUT2D eigenvalue weighted by Crippen LogP contribution is -2.53. The number of hydrogen-bond acceptors (Lipinski definition) is 4. The van der Waals surface area contributed by atoms with E-state index in [1.54, 1.807) is 0 Å². The van der Waals surface area contributed by atoms with Gasteiger partial charge in [0.15, 0.2) is 0 Å². The third-order valence-corrected chi connectivity index (χ3v) is 5.07. The SMILES string of the molecule is CCNC(Cc1cncc(Br)c1)C1CSCCN1C. The van der Waals surface area contributed by atoms with E-state index in [-0.39, 0.29) is 0 Å². The quantitative estimate of drug-likeness (QED) is 0.888. The number of nitrogens with one attached hydrogen (secondary N) is 1. The van der Waals surface area contributed by atoms with Gasteiger partial charge < -0.3 is 10.2 Å². The van der Waals surface area contributed by atoms with Crippen LogP contribution in [0.15, 0.2) is 22.9 Å². The van der Waals surface area contributed by atoms with Gasteiger partial charge in [0.05, 0.1) is 0 Å². The van der Waals surface area contributed by atoms with Gasteiger partial charge in [0, 0.05) is 47.0 Å². The van der Waals surface area contributed by atoms with Gasteiger partial charge in [-0.3, -0.25) is 4.98 Å². The summed E-state index contributed by atoms with van der Waals surface area (Å²) in [4.78, 5) is 6.76. The molecule has 1 aromatic rings. The van der Waals surface area contributed by atoms with Gasteiger partial charge in [-0.1, -0.05) is 6.92 Å². The summed E-state index contributed by atoms with van der Waals surface area (Å²) in [5.41, 5.74) is 1.30. The van der Waals surface area contributed by atoms with Crippen molar-refractivity contribution in [3.05, 3.63) is 28.5 Å². The van der Waals surface area contributed by atoms with Crippen molar-refractivity contribution in [2.24, 2.45) is 0 Å². The average molecular weight is 344 g/mol. The van der Waals surface area contributed by atoms with Crippen LogP contribution in [0.25, 0.3) is 0 Å². The Labute approximate surface area is 128 Å². The highest BCUT2D eigenvalue weighted by Gasteiger charge is 2.27. The molecule has 1 aliphatic heterocycles. The van der Waals surface area contributed by atoms with Gasteiger partial charge in [-0.2, -0.15) is 11.8 Å². The number of likely N-dealkylation sites (N-methyl/N-ethyl adjacent to an activating group) is 2. The lowest BCUT2D eigenvalue weighted by atomic mass is 10.0. The first kappa shape index (κ1) is 15.3. The normalized spacial score (nSPS) is 22.4. The van der Waals surface area contributed by atoms with Crippen LogP contribution in [0.2, 0.25) is 0 Å². The maximum absolute atomic E-state index is 4.27. The van der Waals surface area contributed by atoms with Crippen molar-refractivity contribution in [1.29, 1.82) is 0 Å². The number of hydrogen-bond donors (Lipinski definition) is 1. The lowest BCUT2D eigenvalue weighted by Gasteiger charge is -2.38. The molecule has 5 heteroatoms. The summed E-state index contributed by atoms with van der Waals surface area (Å²) in [5, 5.41) is 3.65. The molecular weight excluding hydrogens is 322 g/mol. The predicted octanol–water partition coefficient (Wildman–Crippen LogP) is 2.41. The number of halogens is 1. The van der Waals surface area contributed by atoms with Crippen LogP contribution in [0, 0.1) is 0 Å². The molecule has 0 saturated carbocycles. The van der Waals surface area contributed by atoms with E-state index in [4.69, 9.17) is 0 Å². The molecule has 2 rings (SSSR count). The third-order valence-electron chi connectivity index (χ3n) is 3.59. The number of nitrogens with zero attached hydrogens (tertiary/aromatic N) is 2. The summed E-state index contributed by atoms with van der Waals surface area (Å²) in [6.07, 6.45) is 4.86. The molecule has 0 radical (unpaired) electrons. The van der Waals surface area contributed by atoms with E-state index in [1.807, 2.05) is 12.4 Å². The third kappa shape index (κ3) is 4.45. The van der Waals surface area contributed by atoms with Crippen LogP contribution in [-0.2, 0) is 6.42 Å². The molecular formula is C14H22BrN3S. The summed E-state index contributed by atoms with van der Waals surface area (Å²) in [5.74, 6) is 2.47. The van der Waals surface area contributed by atoms with E-state index < -0.39 is 0 Å². The number of thioether (sulfide) groups is 1. The molecule has 2 heterocycles. The van der Waals surface area contributed by atoms with Gasteiger partial charge in [0.25, 0.3) is 0 Å². The number of pyridine rings is 1. The topological polar surface area (TPSA) is 28.2 Å². The van der Waals surface area contributed by atoms with Crippen LogP contribution >= 0.6 is 27.7 Å². The van der Waals surface area contributed by atoms with Crippen molar-refractivity contribution < 1.29 is 0 Å². The lowest BCUT2D eigenvalue weighted by molar-refractivity contribution is 0.215. The molecule has 1 saturated heterocycles. The Morgan fingerprint density at radius 1 is 1.58 bits per heavy atom. The summed E-state index contributed by atoms with van der Waals surface area (Å²) >= 11 is 5.57. The fourth-order valence-electron chi connectivity index (χ4n) is 2.56. The van der Waals surface area contributed by atoms with E-state index >= 15 is 0 Å². The van der Waals surface area contributed by atoms with Crippen LogP contribution in [0.3, 0.4) is 0 Å². The molecule has 0 aromatic carbocycles. The molecule has 1 aliphatic rings. The highest BCUT2D eigenvalue weighted by Crippen LogP contribution is 2.20. The van der Waals surface area contributed by atoms with Crippen molar-refractivity contribution in [2.75, 3.05) is 31.6 Å². The summed E-state index contributed by atoms with van der Waals surface area (Å²) < 4.78 is 1.06. The predicted molar refractivity (Wildman–Crippen MR) is 86.8 cm³/mol. The van der Waals surface area contributed by atoms with Gasteiger partial charge in [0.1, 0.15) is 0 Å². The van der Waals surface area contributed by atoms with Gasteiger partial charge in [-0.25, -0.2) is 0 Å². The Hall–Kier alpha value is -0.100. The Kier molecular flexibility index (Phi) is 6.13. The largest absolute Gasteiger partial charge is 0.312 e. The molecule has 0 amide bonds. The zero-order chi connectivity index (χ0) is 13.7. The summed E-state index contributed by atoms with van der Waals surface area (Å²) in [6, 6.07) is 3.28. The molecule has 1 N–H and O–H groups in total.